The number of rotatable bonds is 12. The molecule has 1 saturated heterocycles. The molecule has 4 unspecified atom stereocenters. The molecule has 0 saturated carbocycles. The first-order valence-electron chi connectivity index (χ1n) is 12.0. The molecule has 3 amide bonds. The maximum absolute atomic E-state index is 12.8. The molecule has 3 N–H and O–H groups in total. The zero-order valence-electron chi connectivity index (χ0n) is 21.7. The third-order valence-corrected chi connectivity index (χ3v) is 4.97. The van der Waals surface area contributed by atoms with Crippen molar-refractivity contribution < 1.29 is 38.1 Å². The number of benzene rings is 1. The van der Waals surface area contributed by atoms with Crippen LogP contribution in [0.1, 0.15) is 47.1 Å². The van der Waals surface area contributed by atoms with Crippen molar-refractivity contribution in [3.8, 4) is 5.75 Å². The van der Waals surface area contributed by atoms with Gasteiger partial charge in [0.1, 0.15) is 42.2 Å². The van der Waals surface area contributed by atoms with Crippen LogP contribution in [0.5, 0.6) is 5.75 Å². The molecule has 0 aromatic heterocycles. The van der Waals surface area contributed by atoms with Crippen LogP contribution in [0, 0.1) is 0 Å². The number of carbonyl (C=O) groups is 4. The number of epoxide rings is 1. The molecule has 11 nitrogen and oxygen atoms in total. The van der Waals surface area contributed by atoms with Gasteiger partial charge in [-0.3, -0.25) is 9.59 Å². The van der Waals surface area contributed by atoms with Crippen molar-refractivity contribution >= 4 is 23.9 Å². The van der Waals surface area contributed by atoms with E-state index in [4.69, 9.17) is 18.9 Å². The van der Waals surface area contributed by atoms with Crippen molar-refractivity contribution in [2.75, 3.05) is 19.8 Å². The summed E-state index contributed by atoms with van der Waals surface area (Å²) in [7, 11) is 0. The molecule has 1 aliphatic heterocycles. The molecule has 36 heavy (non-hydrogen) atoms. The van der Waals surface area contributed by atoms with Gasteiger partial charge in [0.05, 0.1) is 13.2 Å². The Morgan fingerprint density at radius 3 is 2.14 bits per heavy atom. The van der Waals surface area contributed by atoms with Gasteiger partial charge >= 0.3 is 12.1 Å². The highest BCUT2D eigenvalue weighted by molar-refractivity contribution is 5.92. The molecule has 1 aliphatic rings. The molecule has 1 heterocycles. The molecule has 2 rings (SSSR count). The lowest BCUT2D eigenvalue weighted by Crippen LogP contribution is -2.54. The topological polar surface area (TPSA) is 145 Å². The normalized spacial score (nSPS) is 17.1. The molecule has 1 fully saturated rings. The summed E-state index contributed by atoms with van der Waals surface area (Å²) < 4.78 is 21.0. The Hall–Kier alpha value is -3.34. The smallest absolute Gasteiger partial charge is 0.408 e. The fourth-order valence-corrected chi connectivity index (χ4v) is 3.00. The van der Waals surface area contributed by atoms with Crippen LogP contribution in [0.15, 0.2) is 24.3 Å². The Balaban J connectivity index is 1.92. The average molecular weight is 508 g/mol. The fourth-order valence-electron chi connectivity index (χ4n) is 3.00. The standard InChI is InChI=1S/C25H37N3O8/c1-7-33-23(31)20(12-17-8-10-18(11-9-17)34-13-19-14-35-19)28-22(30)15(2)26-21(29)16(3)27-24(32)36-25(4,5)6/h8-11,15-16,19-20H,7,12-14H2,1-6H3,(H,26,29)(H,27,32)(H,28,30). The first kappa shape index (κ1) is 28.9. The van der Waals surface area contributed by atoms with Gasteiger partial charge in [-0.25, -0.2) is 9.59 Å². The van der Waals surface area contributed by atoms with Crippen molar-refractivity contribution in [1.82, 2.24) is 16.0 Å². The number of hydrogen-bond donors (Lipinski definition) is 3. The van der Waals surface area contributed by atoms with Crippen molar-refractivity contribution in [2.45, 2.75) is 77.8 Å². The second kappa shape index (κ2) is 13.1. The Bertz CT molecular complexity index is 909. The summed E-state index contributed by atoms with van der Waals surface area (Å²) in [5.41, 5.74) is 0.0735. The number of hydrogen-bond acceptors (Lipinski definition) is 8. The Labute approximate surface area is 211 Å². The summed E-state index contributed by atoms with van der Waals surface area (Å²) in [5, 5.41) is 7.58. The Morgan fingerprint density at radius 1 is 1.00 bits per heavy atom. The quantitative estimate of drug-likeness (QED) is 0.285. The highest BCUT2D eigenvalue weighted by Gasteiger charge is 2.28. The molecule has 1 aromatic rings. The van der Waals surface area contributed by atoms with Crippen LogP contribution >= 0.6 is 0 Å². The first-order valence-corrected chi connectivity index (χ1v) is 12.0. The highest BCUT2D eigenvalue weighted by atomic mass is 16.6. The first-order chi connectivity index (χ1) is 16.9. The molecule has 11 heteroatoms. The molecule has 200 valence electrons. The van der Waals surface area contributed by atoms with Crippen molar-refractivity contribution in [2.24, 2.45) is 0 Å². The second-order valence-electron chi connectivity index (χ2n) is 9.53. The maximum atomic E-state index is 12.8. The van der Waals surface area contributed by atoms with E-state index in [9.17, 15) is 19.2 Å². The predicted octanol–water partition coefficient (Wildman–Crippen LogP) is 1.47. The molecule has 0 bridgehead atoms. The lowest BCUT2D eigenvalue weighted by Gasteiger charge is -2.23. The molecule has 0 aliphatic carbocycles. The highest BCUT2D eigenvalue weighted by Crippen LogP contribution is 2.17. The van der Waals surface area contributed by atoms with E-state index in [1.54, 1.807) is 52.0 Å². The summed E-state index contributed by atoms with van der Waals surface area (Å²) in [5.74, 6) is -1.06. The van der Waals surface area contributed by atoms with Gasteiger partial charge in [-0.1, -0.05) is 12.1 Å². The maximum Gasteiger partial charge on any atom is 0.408 e. The number of alkyl carbamates (subject to hydrolysis) is 1. The minimum Gasteiger partial charge on any atom is -0.491 e. The van der Waals surface area contributed by atoms with E-state index < -0.39 is 47.6 Å². The summed E-state index contributed by atoms with van der Waals surface area (Å²) in [6.45, 7) is 11.1. The van der Waals surface area contributed by atoms with Crippen LogP contribution in [-0.2, 0) is 35.0 Å². The monoisotopic (exact) mass is 507 g/mol. The van der Waals surface area contributed by atoms with E-state index >= 15 is 0 Å². The predicted molar refractivity (Wildman–Crippen MR) is 130 cm³/mol. The van der Waals surface area contributed by atoms with E-state index in [-0.39, 0.29) is 19.1 Å². The number of carbonyl (C=O) groups excluding carboxylic acids is 4. The van der Waals surface area contributed by atoms with Crippen molar-refractivity contribution in [1.29, 1.82) is 0 Å². The minimum absolute atomic E-state index is 0.145. The van der Waals surface area contributed by atoms with Crippen LogP contribution in [0.25, 0.3) is 0 Å². The van der Waals surface area contributed by atoms with Gasteiger partial charge in [0, 0.05) is 6.42 Å². The van der Waals surface area contributed by atoms with E-state index in [0.717, 1.165) is 5.56 Å². The second-order valence-corrected chi connectivity index (χ2v) is 9.53. The molecular weight excluding hydrogens is 470 g/mol. The van der Waals surface area contributed by atoms with Crippen LogP contribution < -0.4 is 20.7 Å². The van der Waals surface area contributed by atoms with E-state index in [1.807, 2.05) is 0 Å². The summed E-state index contributed by atoms with van der Waals surface area (Å²) in [6.07, 6.45) is -0.415. The van der Waals surface area contributed by atoms with Gasteiger partial charge in [0.2, 0.25) is 11.8 Å². The third-order valence-electron chi connectivity index (χ3n) is 4.97. The zero-order chi connectivity index (χ0) is 26.9. The van der Waals surface area contributed by atoms with Gasteiger partial charge < -0.3 is 34.9 Å². The molecule has 4 atom stereocenters. The van der Waals surface area contributed by atoms with Gasteiger partial charge in [-0.2, -0.15) is 0 Å². The van der Waals surface area contributed by atoms with Crippen molar-refractivity contribution in [3.63, 3.8) is 0 Å². The SMILES string of the molecule is CCOC(=O)C(Cc1ccc(OCC2CO2)cc1)NC(=O)C(C)NC(=O)C(C)NC(=O)OC(C)(C)C. The molecule has 1 aromatic carbocycles. The zero-order valence-corrected chi connectivity index (χ0v) is 21.7. The van der Waals surface area contributed by atoms with Gasteiger partial charge in [0.15, 0.2) is 0 Å². The minimum atomic E-state index is -0.974. The molecular formula is C25H37N3O8. The fraction of sp³-hybridized carbons (Fsp3) is 0.600. The summed E-state index contributed by atoms with van der Waals surface area (Å²) >= 11 is 0. The lowest BCUT2D eigenvalue weighted by molar-refractivity contribution is -0.147. The Kier molecular flexibility index (Phi) is 10.5. The third kappa shape index (κ3) is 10.5. The van der Waals surface area contributed by atoms with Crippen LogP contribution in [0.3, 0.4) is 0 Å². The number of nitrogens with one attached hydrogen (secondary N) is 3. The van der Waals surface area contributed by atoms with Crippen LogP contribution in [0.4, 0.5) is 4.79 Å². The van der Waals surface area contributed by atoms with E-state index in [1.165, 1.54) is 13.8 Å². The van der Waals surface area contributed by atoms with E-state index in [0.29, 0.717) is 19.0 Å². The van der Waals surface area contributed by atoms with Gasteiger partial charge in [-0.05, 0) is 59.2 Å². The number of esters is 1. The summed E-state index contributed by atoms with van der Waals surface area (Å²) in [6, 6.07) is 4.29. The summed E-state index contributed by atoms with van der Waals surface area (Å²) in [4.78, 5) is 49.6. The van der Waals surface area contributed by atoms with Crippen LogP contribution in [-0.4, -0.2) is 73.5 Å². The van der Waals surface area contributed by atoms with Gasteiger partial charge in [0.25, 0.3) is 0 Å². The molecule has 0 radical (unpaired) electrons. The van der Waals surface area contributed by atoms with E-state index in [2.05, 4.69) is 16.0 Å². The number of ether oxygens (including phenoxy) is 4. The lowest BCUT2D eigenvalue weighted by atomic mass is 10.1. The molecule has 0 spiro atoms. The average Bonchev–Trinajstić information content (AvgIpc) is 3.61. The Morgan fingerprint density at radius 2 is 1.58 bits per heavy atom. The largest absolute Gasteiger partial charge is 0.491 e. The van der Waals surface area contributed by atoms with Crippen LogP contribution in [0.2, 0.25) is 0 Å². The number of amides is 3. The van der Waals surface area contributed by atoms with Crippen molar-refractivity contribution in [3.05, 3.63) is 29.8 Å². The van der Waals surface area contributed by atoms with Gasteiger partial charge in [-0.15, -0.1) is 0 Å².